The number of carbonyl (C=O) groups is 1. The van der Waals surface area contributed by atoms with Gasteiger partial charge in [-0.3, -0.25) is 4.79 Å². The zero-order valence-electron chi connectivity index (χ0n) is 7.70. The van der Waals surface area contributed by atoms with Crippen molar-refractivity contribution >= 4 is 6.29 Å². The summed E-state index contributed by atoms with van der Waals surface area (Å²) in [5, 5.41) is 10.4. The molecule has 0 aliphatic carbocycles. The molecule has 0 fully saturated rings. The van der Waals surface area contributed by atoms with Crippen molar-refractivity contribution in [3.05, 3.63) is 42.2 Å². The first kappa shape index (κ1) is 9.26. The van der Waals surface area contributed by atoms with Crippen molar-refractivity contribution in [3.8, 4) is 11.5 Å². The van der Waals surface area contributed by atoms with E-state index in [0.717, 1.165) is 0 Å². The van der Waals surface area contributed by atoms with E-state index < -0.39 is 0 Å². The summed E-state index contributed by atoms with van der Waals surface area (Å²) < 4.78 is 5.40. The van der Waals surface area contributed by atoms with E-state index >= 15 is 0 Å². The van der Waals surface area contributed by atoms with Gasteiger partial charge in [0, 0.05) is 0 Å². The number of nitrogens with zero attached hydrogens (tertiary/aromatic N) is 3. The Morgan fingerprint density at radius 1 is 1.20 bits per heavy atom. The molecule has 1 aromatic carbocycles. The number of hydrogen-bond donors (Lipinski definition) is 0. The van der Waals surface area contributed by atoms with Crippen molar-refractivity contribution in [1.29, 1.82) is 0 Å². The van der Waals surface area contributed by atoms with E-state index in [9.17, 15) is 4.79 Å². The summed E-state index contributed by atoms with van der Waals surface area (Å²) in [7, 11) is 0. The summed E-state index contributed by atoms with van der Waals surface area (Å²) in [5.41, 5.74) is 0.133. The van der Waals surface area contributed by atoms with Crippen molar-refractivity contribution in [2.75, 3.05) is 0 Å². The first-order chi connectivity index (χ1) is 7.40. The van der Waals surface area contributed by atoms with E-state index in [0.29, 0.717) is 17.8 Å². The molecule has 0 amide bonds. The van der Waals surface area contributed by atoms with Crippen molar-refractivity contribution < 1.29 is 9.53 Å². The van der Waals surface area contributed by atoms with Gasteiger partial charge in [-0.25, -0.2) is 0 Å². The lowest BCUT2D eigenvalue weighted by atomic mass is 10.3. The Morgan fingerprint density at radius 3 is 2.73 bits per heavy atom. The van der Waals surface area contributed by atoms with E-state index in [1.165, 1.54) is 6.20 Å². The van der Waals surface area contributed by atoms with Crippen LogP contribution < -0.4 is 4.74 Å². The SMILES string of the molecule is O=Cc1nnncc1Oc1ccccc1. The number of ether oxygens (including phenoxy) is 1. The zero-order chi connectivity index (χ0) is 10.5. The van der Waals surface area contributed by atoms with Crippen LogP contribution in [0, 0.1) is 0 Å². The lowest BCUT2D eigenvalue weighted by Crippen LogP contribution is -1.97. The van der Waals surface area contributed by atoms with Crippen LogP contribution in [0.3, 0.4) is 0 Å². The third kappa shape index (κ3) is 2.14. The van der Waals surface area contributed by atoms with Crippen LogP contribution in [0.2, 0.25) is 0 Å². The molecule has 74 valence electrons. The Kier molecular flexibility index (Phi) is 2.64. The van der Waals surface area contributed by atoms with Crippen molar-refractivity contribution in [1.82, 2.24) is 15.4 Å². The highest BCUT2D eigenvalue weighted by Crippen LogP contribution is 2.20. The van der Waals surface area contributed by atoms with Gasteiger partial charge in [-0.2, -0.15) is 0 Å². The minimum absolute atomic E-state index is 0.133. The van der Waals surface area contributed by atoms with Crippen molar-refractivity contribution in [3.63, 3.8) is 0 Å². The van der Waals surface area contributed by atoms with Gasteiger partial charge < -0.3 is 4.74 Å². The number of para-hydroxylation sites is 1. The summed E-state index contributed by atoms with van der Waals surface area (Å²) in [6, 6.07) is 9.08. The van der Waals surface area contributed by atoms with Gasteiger partial charge in [-0.15, -0.1) is 10.2 Å². The van der Waals surface area contributed by atoms with Gasteiger partial charge in [0.2, 0.25) is 0 Å². The molecule has 1 aromatic heterocycles. The highest BCUT2D eigenvalue weighted by atomic mass is 16.5. The van der Waals surface area contributed by atoms with Gasteiger partial charge in [0.05, 0.1) is 6.20 Å². The van der Waals surface area contributed by atoms with Crippen LogP contribution in [0.25, 0.3) is 0 Å². The largest absolute Gasteiger partial charge is 0.453 e. The molecule has 0 aliphatic heterocycles. The van der Waals surface area contributed by atoms with Gasteiger partial charge in [0.15, 0.2) is 17.7 Å². The van der Waals surface area contributed by atoms with Gasteiger partial charge in [0.25, 0.3) is 0 Å². The molecular formula is C10H7N3O2. The maximum Gasteiger partial charge on any atom is 0.178 e. The first-order valence-corrected chi connectivity index (χ1v) is 4.26. The van der Waals surface area contributed by atoms with Crippen LogP contribution in [0.5, 0.6) is 11.5 Å². The number of rotatable bonds is 3. The molecular weight excluding hydrogens is 194 g/mol. The molecule has 0 saturated carbocycles. The second kappa shape index (κ2) is 4.28. The molecule has 0 spiro atoms. The smallest absolute Gasteiger partial charge is 0.178 e. The quantitative estimate of drug-likeness (QED) is 0.703. The fraction of sp³-hybridized carbons (Fsp3) is 0. The molecule has 0 radical (unpaired) electrons. The summed E-state index contributed by atoms with van der Waals surface area (Å²) in [4.78, 5) is 10.6. The Morgan fingerprint density at radius 2 is 2.00 bits per heavy atom. The van der Waals surface area contributed by atoms with Gasteiger partial charge >= 0.3 is 0 Å². The van der Waals surface area contributed by atoms with Crippen LogP contribution in [-0.4, -0.2) is 21.7 Å². The summed E-state index contributed by atoms with van der Waals surface area (Å²) in [6.07, 6.45) is 1.93. The molecule has 5 heteroatoms. The zero-order valence-corrected chi connectivity index (χ0v) is 7.70. The topological polar surface area (TPSA) is 65.0 Å². The predicted molar refractivity (Wildman–Crippen MR) is 51.7 cm³/mol. The molecule has 0 N–H and O–H groups in total. The fourth-order valence-electron chi connectivity index (χ4n) is 1.04. The standard InChI is InChI=1S/C10H7N3O2/c14-7-9-10(6-11-13-12-9)15-8-4-2-1-3-5-8/h1-7H. The third-order valence-electron chi connectivity index (χ3n) is 1.71. The normalized spacial score (nSPS) is 9.60. The van der Waals surface area contributed by atoms with E-state index in [-0.39, 0.29) is 5.69 Å². The molecule has 1 heterocycles. The molecule has 5 nitrogen and oxygen atoms in total. The lowest BCUT2D eigenvalue weighted by molar-refractivity contribution is 0.111. The van der Waals surface area contributed by atoms with E-state index in [1.54, 1.807) is 12.1 Å². The molecule has 15 heavy (non-hydrogen) atoms. The Labute approximate surface area is 85.7 Å². The van der Waals surface area contributed by atoms with Crippen molar-refractivity contribution in [2.45, 2.75) is 0 Å². The third-order valence-corrected chi connectivity index (χ3v) is 1.71. The Balaban J connectivity index is 2.28. The molecule has 0 unspecified atom stereocenters. The molecule has 0 atom stereocenters. The van der Waals surface area contributed by atoms with E-state index in [2.05, 4.69) is 15.4 Å². The van der Waals surface area contributed by atoms with Crippen LogP contribution in [0.15, 0.2) is 36.5 Å². The lowest BCUT2D eigenvalue weighted by Gasteiger charge is -2.04. The highest BCUT2D eigenvalue weighted by Gasteiger charge is 2.05. The summed E-state index contributed by atoms with van der Waals surface area (Å²) >= 11 is 0. The van der Waals surface area contributed by atoms with Crippen LogP contribution >= 0.6 is 0 Å². The number of aldehydes is 1. The average molecular weight is 201 g/mol. The molecule has 0 saturated heterocycles. The van der Waals surface area contributed by atoms with Crippen LogP contribution in [0.1, 0.15) is 10.5 Å². The van der Waals surface area contributed by atoms with E-state index in [4.69, 9.17) is 4.74 Å². The van der Waals surface area contributed by atoms with Gasteiger partial charge in [-0.05, 0) is 17.3 Å². The molecule has 0 bridgehead atoms. The summed E-state index contributed by atoms with van der Waals surface area (Å²) in [5.74, 6) is 0.918. The minimum Gasteiger partial charge on any atom is -0.453 e. The van der Waals surface area contributed by atoms with Crippen molar-refractivity contribution in [2.24, 2.45) is 0 Å². The number of carbonyl (C=O) groups excluding carboxylic acids is 1. The Bertz CT molecular complexity index is 459. The van der Waals surface area contributed by atoms with Crippen LogP contribution in [0.4, 0.5) is 0 Å². The van der Waals surface area contributed by atoms with Gasteiger partial charge in [-0.1, -0.05) is 18.2 Å². The number of aromatic nitrogens is 3. The molecule has 2 rings (SSSR count). The first-order valence-electron chi connectivity index (χ1n) is 4.26. The second-order valence-electron chi connectivity index (χ2n) is 2.72. The minimum atomic E-state index is 0.133. The fourth-order valence-corrected chi connectivity index (χ4v) is 1.04. The maximum atomic E-state index is 10.6. The molecule has 0 aliphatic rings. The maximum absolute atomic E-state index is 10.6. The molecule has 2 aromatic rings. The predicted octanol–water partition coefficient (Wildman–Crippen LogP) is 1.48. The average Bonchev–Trinajstić information content (AvgIpc) is 2.31. The number of hydrogen-bond acceptors (Lipinski definition) is 5. The second-order valence-corrected chi connectivity index (χ2v) is 2.72. The Hall–Kier alpha value is -2.30. The monoisotopic (exact) mass is 201 g/mol. The van der Waals surface area contributed by atoms with Gasteiger partial charge in [0.1, 0.15) is 5.75 Å². The highest BCUT2D eigenvalue weighted by molar-refractivity contribution is 5.75. The van der Waals surface area contributed by atoms with E-state index in [1.807, 2.05) is 18.2 Å². The van der Waals surface area contributed by atoms with Crippen LogP contribution in [-0.2, 0) is 0 Å². The summed E-state index contributed by atoms with van der Waals surface area (Å²) in [6.45, 7) is 0. The number of benzene rings is 1.